The highest BCUT2D eigenvalue weighted by Crippen LogP contribution is 2.33. The summed E-state index contributed by atoms with van der Waals surface area (Å²) < 4.78 is 55.1. The zero-order valence-corrected chi connectivity index (χ0v) is 29.7. The average molecular weight is 701 g/mol. The summed E-state index contributed by atoms with van der Waals surface area (Å²) in [5.41, 5.74) is 6.62. The number of fused-ring (bicyclic) bond motifs is 2. The maximum atomic E-state index is 13.3. The van der Waals surface area contributed by atoms with Gasteiger partial charge in [0.1, 0.15) is 18.3 Å². The van der Waals surface area contributed by atoms with Crippen LogP contribution in [0.3, 0.4) is 0 Å². The first-order valence-corrected chi connectivity index (χ1v) is 17.0. The Morgan fingerprint density at radius 3 is 2.38 bits per heavy atom. The van der Waals surface area contributed by atoms with Crippen LogP contribution in [0.25, 0.3) is 0 Å². The molecule has 48 heavy (non-hydrogen) atoms. The SMILES string of the molecule is CO[C@H]1/C=C\C=C(/C)C(=O)NC2=CC(OS(=O)(=O)O)C(NCCN(C)C)=C(C[C@@H](C)C[C@H](OC)[C@H](O)[C@@H](C)/C=C(\C)[C@@H]1OC(N)=O)C2O. The van der Waals surface area contributed by atoms with Crippen molar-refractivity contribution in [3.8, 4) is 0 Å². The third-order valence-corrected chi connectivity index (χ3v) is 8.61. The normalized spacial score (nSPS) is 32.8. The monoisotopic (exact) mass is 700 g/mol. The molecule has 8 atom stereocenters. The fraction of sp³-hybridized carbons (Fsp3) is 0.625. The Labute approximate surface area is 283 Å². The van der Waals surface area contributed by atoms with Gasteiger partial charge < -0.3 is 45.7 Å². The number of hydrogen-bond acceptors (Lipinski definition) is 12. The number of primary amides is 1. The lowest BCUT2D eigenvalue weighted by Crippen LogP contribution is -2.42. The summed E-state index contributed by atoms with van der Waals surface area (Å²) in [6.45, 7) is 7.78. The maximum Gasteiger partial charge on any atom is 0.405 e. The van der Waals surface area contributed by atoms with Crippen LogP contribution in [0.2, 0.25) is 0 Å². The second-order valence-corrected chi connectivity index (χ2v) is 13.5. The Hall–Kier alpha value is -3.09. The Morgan fingerprint density at radius 1 is 1.15 bits per heavy atom. The van der Waals surface area contributed by atoms with E-state index in [1.807, 2.05) is 25.9 Å². The minimum absolute atomic E-state index is 0.0508. The van der Waals surface area contributed by atoms with E-state index >= 15 is 0 Å². The van der Waals surface area contributed by atoms with Gasteiger partial charge >= 0.3 is 16.5 Å². The van der Waals surface area contributed by atoms with E-state index in [0.717, 1.165) is 0 Å². The van der Waals surface area contributed by atoms with Gasteiger partial charge in [-0.2, -0.15) is 8.42 Å². The van der Waals surface area contributed by atoms with Crippen LogP contribution in [0.1, 0.15) is 40.5 Å². The zero-order valence-electron chi connectivity index (χ0n) is 28.9. The highest BCUT2D eigenvalue weighted by molar-refractivity contribution is 7.80. The highest BCUT2D eigenvalue weighted by Gasteiger charge is 2.36. The lowest BCUT2D eigenvalue weighted by molar-refractivity contribution is -0.117. The average Bonchev–Trinajstić information content (AvgIpc) is 2.98. The maximum absolute atomic E-state index is 13.3. The number of ether oxygens (including phenoxy) is 3. The highest BCUT2D eigenvalue weighted by atomic mass is 32.3. The molecule has 0 aromatic heterocycles. The fourth-order valence-electron chi connectivity index (χ4n) is 5.66. The molecule has 2 unspecified atom stereocenters. The summed E-state index contributed by atoms with van der Waals surface area (Å²) in [5.74, 6) is -1.37. The number of rotatable bonds is 9. The zero-order chi connectivity index (χ0) is 36.3. The molecule has 2 amide bonds. The van der Waals surface area contributed by atoms with Crippen LogP contribution in [0.5, 0.6) is 0 Å². The number of aliphatic hydroxyl groups is 2. The molecule has 2 aliphatic rings. The van der Waals surface area contributed by atoms with Crippen LogP contribution < -0.4 is 16.4 Å². The summed E-state index contributed by atoms with van der Waals surface area (Å²) >= 11 is 0. The van der Waals surface area contributed by atoms with Crippen LogP contribution in [0.4, 0.5) is 4.79 Å². The van der Waals surface area contributed by atoms with E-state index in [0.29, 0.717) is 30.7 Å². The molecule has 1 aliphatic heterocycles. The standard InChI is InChI=1S/C32H52N4O11S/c1-18-14-22-27(34-12-13-36(5)6)25(47-48(41,42)43)17-23(29(22)38)35-31(39)19(2)10-9-11-24(44-7)30(46-32(33)40)21(4)16-20(3)28(37)26(15-18)45-8/h9-11,16-18,20,24-26,28-30,34,37-38H,12-15H2,1-8H3,(H2,33,40)(H,35,39)(H,41,42,43)/b11-9-,19-10+,21-16+/t18-,20+,24+,25?,26+,28-,29?,30+/m1/s1. The number of nitrogens with zero attached hydrogens (tertiary/aromatic N) is 1. The molecule has 0 saturated heterocycles. The molecule has 1 heterocycles. The van der Waals surface area contributed by atoms with Crippen molar-refractivity contribution in [3.05, 3.63) is 58.5 Å². The molecule has 0 radical (unpaired) electrons. The van der Waals surface area contributed by atoms with Gasteiger partial charge in [0, 0.05) is 44.5 Å². The van der Waals surface area contributed by atoms with Crippen molar-refractivity contribution in [1.29, 1.82) is 0 Å². The van der Waals surface area contributed by atoms with Crippen LogP contribution >= 0.6 is 0 Å². The third kappa shape index (κ3) is 12.4. The minimum atomic E-state index is -4.97. The van der Waals surface area contributed by atoms with Crippen molar-refractivity contribution in [2.45, 2.75) is 77.2 Å². The smallest absolute Gasteiger partial charge is 0.405 e. The molecule has 0 aromatic carbocycles. The molecule has 15 nitrogen and oxygen atoms in total. The van der Waals surface area contributed by atoms with Gasteiger partial charge in [0.2, 0.25) is 0 Å². The number of hydrogen-bond donors (Lipinski definition) is 6. The number of amides is 2. The molecule has 1 aliphatic carbocycles. The van der Waals surface area contributed by atoms with Crippen LogP contribution in [0, 0.1) is 11.8 Å². The molecule has 0 fully saturated rings. The first-order chi connectivity index (χ1) is 22.4. The molecule has 0 spiro atoms. The topological polar surface area (TPSA) is 219 Å². The van der Waals surface area contributed by atoms with E-state index in [-0.39, 0.29) is 29.3 Å². The van der Waals surface area contributed by atoms with E-state index in [4.69, 9.17) is 24.1 Å². The van der Waals surface area contributed by atoms with E-state index in [1.54, 1.807) is 26.0 Å². The summed E-state index contributed by atoms with van der Waals surface area (Å²) in [6, 6.07) is 0. The van der Waals surface area contributed by atoms with Crippen molar-refractivity contribution in [1.82, 2.24) is 15.5 Å². The largest absolute Gasteiger partial charge is 0.439 e. The van der Waals surface area contributed by atoms with E-state index < -0.39 is 64.9 Å². The van der Waals surface area contributed by atoms with Gasteiger partial charge in [0.25, 0.3) is 5.91 Å². The molecular formula is C32H52N4O11S. The summed E-state index contributed by atoms with van der Waals surface area (Å²) in [6.07, 6.45) is 0.712. The van der Waals surface area contributed by atoms with Gasteiger partial charge in [-0.3, -0.25) is 9.35 Å². The molecule has 0 saturated carbocycles. The Bertz CT molecular complexity index is 1390. The summed E-state index contributed by atoms with van der Waals surface area (Å²) in [5, 5.41) is 28.8. The van der Waals surface area contributed by atoms with Gasteiger partial charge in [-0.15, -0.1) is 0 Å². The van der Waals surface area contributed by atoms with Crippen molar-refractivity contribution in [3.63, 3.8) is 0 Å². The molecular weight excluding hydrogens is 648 g/mol. The molecule has 2 rings (SSSR count). The first kappa shape index (κ1) is 41.1. The third-order valence-electron chi connectivity index (χ3n) is 8.16. The fourth-order valence-corrected chi connectivity index (χ4v) is 6.08. The second kappa shape index (κ2) is 18.6. The van der Waals surface area contributed by atoms with Gasteiger partial charge in [-0.05, 0) is 63.9 Å². The number of nitrogens with one attached hydrogen (secondary N) is 2. The Kier molecular flexibility index (Phi) is 15.9. The lowest BCUT2D eigenvalue weighted by atomic mass is 9.84. The van der Waals surface area contributed by atoms with E-state index in [2.05, 4.69) is 10.6 Å². The number of nitrogens with two attached hydrogens (primary N) is 1. The predicted molar refractivity (Wildman–Crippen MR) is 179 cm³/mol. The quantitative estimate of drug-likeness (QED) is 0.148. The molecule has 16 heteroatoms. The van der Waals surface area contributed by atoms with Crippen molar-refractivity contribution in [2.24, 2.45) is 17.6 Å². The molecule has 7 N–H and O–H groups in total. The van der Waals surface area contributed by atoms with Gasteiger partial charge in [0.15, 0.2) is 6.10 Å². The summed E-state index contributed by atoms with van der Waals surface area (Å²) in [7, 11) is 1.62. The molecule has 0 aromatic rings. The Morgan fingerprint density at radius 2 is 1.81 bits per heavy atom. The van der Waals surface area contributed by atoms with Gasteiger partial charge in [-0.25, -0.2) is 8.98 Å². The van der Waals surface area contributed by atoms with Crippen LogP contribution in [-0.2, 0) is 33.6 Å². The second-order valence-electron chi connectivity index (χ2n) is 12.5. The number of aliphatic hydroxyl groups excluding tert-OH is 2. The number of carbonyl (C=O) groups is 2. The molecule has 2 bridgehead atoms. The van der Waals surface area contributed by atoms with Gasteiger partial charge in [-0.1, -0.05) is 38.2 Å². The predicted octanol–water partition coefficient (Wildman–Crippen LogP) is 1.32. The van der Waals surface area contributed by atoms with Crippen molar-refractivity contribution in [2.75, 3.05) is 41.4 Å². The molecule has 272 valence electrons. The summed E-state index contributed by atoms with van der Waals surface area (Å²) in [4.78, 5) is 27.0. The van der Waals surface area contributed by atoms with Crippen molar-refractivity contribution >= 4 is 22.4 Å². The minimum Gasteiger partial charge on any atom is -0.439 e. The van der Waals surface area contributed by atoms with Crippen LogP contribution in [-0.4, -0.2) is 118 Å². The Balaban J connectivity index is 2.72. The number of likely N-dealkylation sites (N-methyl/N-ethyl adjacent to an activating group) is 1. The van der Waals surface area contributed by atoms with Gasteiger partial charge in [0.05, 0.1) is 17.9 Å². The lowest BCUT2D eigenvalue weighted by Gasteiger charge is -2.34. The number of carbonyl (C=O) groups excluding carboxylic acids is 2. The first-order valence-electron chi connectivity index (χ1n) is 15.6. The number of methoxy groups -OCH3 is 2. The van der Waals surface area contributed by atoms with Crippen molar-refractivity contribution < 1.29 is 51.2 Å². The number of allylic oxidation sites excluding steroid dienone is 2. The van der Waals surface area contributed by atoms with E-state index in [9.17, 15) is 32.8 Å². The van der Waals surface area contributed by atoms with E-state index in [1.165, 1.54) is 39.4 Å². The van der Waals surface area contributed by atoms with Crippen LogP contribution in [0.15, 0.2) is 58.5 Å².